The van der Waals surface area contributed by atoms with Crippen LogP contribution in [0.15, 0.2) is 16.6 Å². The number of nitrogens with one attached hydrogen (secondary N) is 1. The lowest BCUT2D eigenvalue weighted by Gasteiger charge is -2.13. The van der Waals surface area contributed by atoms with Gasteiger partial charge in [0.2, 0.25) is 0 Å². The fourth-order valence-electron chi connectivity index (χ4n) is 2.27. The number of hydrogen-bond acceptors (Lipinski definition) is 2. The Hall–Kier alpha value is -0.540. The van der Waals surface area contributed by atoms with E-state index in [1.54, 1.807) is 7.11 Å². The zero-order chi connectivity index (χ0) is 11.5. The Morgan fingerprint density at radius 1 is 1.50 bits per heavy atom. The summed E-state index contributed by atoms with van der Waals surface area (Å²) in [4.78, 5) is 0. The second kappa shape index (κ2) is 5.19. The van der Waals surface area contributed by atoms with Crippen molar-refractivity contribution in [3.05, 3.63) is 27.7 Å². The highest BCUT2D eigenvalue weighted by Gasteiger charge is 2.17. The van der Waals surface area contributed by atoms with E-state index in [2.05, 4.69) is 40.3 Å². The predicted octanol–water partition coefficient (Wildman–Crippen LogP) is 2.92. The molecule has 0 amide bonds. The van der Waals surface area contributed by atoms with Gasteiger partial charge < -0.3 is 10.1 Å². The monoisotopic (exact) mass is 283 g/mol. The molecule has 16 heavy (non-hydrogen) atoms. The molecule has 1 fully saturated rings. The van der Waals surface area contributed by atoms with Gasteiger partial charge in [0.05, 0.1) is 7.11 Å². The van der Waals surface area contributed by atoms with Crippen LogP contribution >= 0.6 is 15.9 Å². The maximum Gasteiger partial charge on any atom is 0.119 e. The summed E-state index contributed by atoms with van der Waals surface area (Å²) in [5, 5.41) is 3.41. The van der Waals surface area contributed by atoms with Gasteiger partial charge in [-0.15, -0.1) is 0 Å². The maximum absolute atomic E-state index is 5.32. The molecule has 0 bridgehead atoms. The van der Waals surface area contributed by atoms with E-state index in [0.29, 0.717) is 0 Å². The summed E-state index contributed by atoms with van der Waals surface area (Å²) < 4.78 is 6.55. The molecule has 1 unspecified atom stereocenters. The van der Waals surface area contributed by atoms with Crippen LogP contribution in [-0.2, 0) is 6.42 Å². The zero-order valence-electron chi connectivity index (χ0n) is 9.85. The Bertz CT molecular complexity index is 372. The van der Waals surface area contributed by atoms with Crippen LogP contribution in [0.1, 0.15) is 17.5 Å². The summed E-state index contributed by atoms with van der Waals surface area (Å²) in [6.07, 6.45) is 2.41. The minimum Gasteiger partial charge on any atom is -0.497 e. The first kappa shape index (κ1) is 11.9. The molecule has 1 aliphatic heterocycles. The standard InChI is InChI=1S/C13H18BrNO/c1-9-5-12(16-2)7-11(13(9)14)6-10-3-4-15-8-10/h5,7,10,15H,3-4,6,8H2,1-2H3. The average Bonchev–Trinajstić information content (AvgIpc) is 2.77. The first-order chi connectivity index (χ1) is 7.70. The van der Waals surface area contributed by atoms with E-state index >= 15 is 0 Å². The summed E-state index contributed by atoms with van der Waals surface area (Å²) in [6.45, 7) is 4.41. The van der Waals surface area contributed by atoms with Gasteiger partial charge in [0.25, 0.3) is 0 Å². The molecule has 1 aliphatic rings. The molecule has 3 heteroatoms. The van der Waals surface area contributed by atoms with E-state index in [9.17, 15) is 0 Å². The highest BCUT2D eigenvalue weighted by molar-refractivity contribution is 9.10. The second-order valence-corrected chi connectivity index (χ2v) is 5.27. The predicted molar refractivity (Wildman–Crippen MR) is 70.1 cm³/mol. The summed E-state index contributed by atoms with van der Waals surface area (Å²) >= 11 is 3.67. The van der Waals surface area contributed by atoms with E-state index in [1.165, 1.54) is 22.0 Å². The normalized spacial score (nSPS) is 20.1. The molecule has 2 nitrogen and oxygen atoms in total. The van der Waals surface area contributed by atoms with E-state index < -0.39 is 0 Å². The Labute approximate surface area is 106 Å². The van der Waals surface area contributed by atoms with Crippen molar-refractivity contribution in [1.29, 1.82) is 0 Å². The Kier molecular flexibility index (Phi) is 3.87. The van der Waals surface area contributed by atoms with Crippen LogP contribution in [0.5, 0.6) is 5.75 Å². The highest BCUT2D eigenvalue weighted by atomic mass is 79.9. The third kappa shape index (κ3) is 2.58. The smallest absolute Gasteiger partial charge is 0.119 e. The zero-order valence-corrected chi connectivity index (χ0v) is 11.4. The van der Waals surface area contributed by atoms with Crippen molar-refractivity contribution in [2.45, 2.75) is 19.8 Å². The topological polar surface area (TPSA) is 21.3 Å². The van der Waals surface area contributed by atoms with Crippen molar-refractivity contribution in [3.8, 4) is 5.75 Å². The molecule has 1 saturated heterocycles. The van der Waals surface area contributed by atoms with Crippen molar-refractivity contribution in [2.24, 2.45) is 5.92 Å². The number of benzene rings is 1. The number of rotatable bonds is 3. The average molecular weight is 284 g/mol. The van der Waals surface area contributed by atoms with E-state index in [-0.39, 0.29) is 0 Å². The fourth-order valence-corrected chi connectivity index (χ4v) is 2.66. The molecule has 1 aromatic rings. The van der Waals surface area contributed by atoms with Crippen LogP contribution in [0.3, 0.4) is 0 Å². The quantitative estimate of drug-likeness (QED) is 0.921. The van der Waals surface area contributed by atoms with Gasteiger partial charge in [-0.05, 0) is 62.0 Å². The molecule has 1 aromatic carbocycles. The lowest BCUT2D eigenvalue weighted by Crippen LogP contribution is -2.11. The van der Waals surface area contributed by atoms with E-state index in [4.69, 9.17) is 4.74 Å². The van der Waals surface area contributed by atoms with Crippen molar-refractivity contribution < 1.29 is 4.74 Å². The maximum atomic E-state index is 5.32. The molecular formula is C13H18BrNO. The molecule has 0 spiro atoms. The van der Waals surface area contributed by atoms with Gasteiger partial charge in [-0.25, -0.2) is 0 Å². The molecular weight excluding hydrogens is 266 g/mol. The SMILES string of the molecule is COc1cc(C)c(Br)c(CC2CCNC2)c1. The third-order valence-electron chi connectivity index (χ3n) is 3.21. The summed E-state index contributed by atoms with van der Waals surface area (Å²) in [6, 6.07) is 4.22. The highest BCUT2D eigenvalue weighted by Crippen LogP contribution is 2.29. The lowest BCUT2D eigenvalue weighted by atomic mass is 9.97. The van der Waals surface area contributed by atoms with Crippen molar-refractivity contribution in [1.82, 2.24) is 5.32 Å². The molecule has 2 rings (SSSR count). The molecule has 1 atom stereocenters. The Balaban J connectivity index is 2.20. The van der Waals surface area contributed by atoms with E-state index in [0.717, 1.165) is 31.2 Å². The molecule has 88 valence electrons. The molecule has 1 N–H and O–H groups in total. The van der Waals surface area contributed by atoms with Gasteiger partial charge in [0.15, 0.2) is 0 Å². The molecule has 0 aromatic heterocycles. The number of aryl methyl sites for hydroxylation is 1. The molecule has 0 saturated carbocycles. The summed E-state index contributed by atoms with van der Waals surface area (Å²) in [7, 11) is 1.73. The fraction of sp³-hybridized carbons (Fsp3) is 0.538. The van der Waals surface area contributed by atoms with Crippen LogP contribution < -0.4 is 10.1 Å². The van der Waals surface area contributed by atoms with E-state index in [1.807, 2.05) is 0 Å². The third-order valence-corrected chi connectivity index (χ3v) is 4.34. The number of halogens is 1. The summed E-state index contributed by atoms with van der Waals surface area (Å²) in [5.41, 5.74) is 2.62. The second-order valence-electron chi connectivity index (χ2n) is 4.48. The van der Waals surface area contributed by atoms with Crippen molar-refractivity contribution in [3.63, 3.8) is 0 Å². The van der Waals surface area contributed by atoms with Crippen LogP contribution in [-0.4, -0.2) is 20.2 Å². The number of hydrogen-bond donors (Lipinski definition) is 1. The summed E-state index contributed by atoms with van der Waals surface area (Å²) in [5.74, 6) is 1.73. The van der Waals surface area contributed by atoms with Gasteiger partial charge in [-0.2, -0.15) is 0 Å². The largest absolute Gasteiger partial charge is 0.497 e. The minimum atomic E-state index is 0.766. The first-order valence-electron chi connectivity index (χ1n) is 5.74. The first-order valence-corrected chi connectivity index (χ1v) is 6.53. The van der Waals surface area contributed by atoms with Crippen molar-refractivity contribution in [2.75, 3.05) is 20.2 Å². The molecule has 0 radical (unpaired) electrons. The molecule has 1 heterocycles. The number of methoxy groups -OCH3 is 1. The minimum absolute atomic E-state index is 0.766. The van der Waals surface area contributed by atoms with Crippen LogP contribution in [0.4, 0.5) is 0 Å². The van der Waals surface area contributed by atoms with Crippen LogP contribution in [0, 0.1) is 12.8 Å². The van der Waals surface area contributed by atoms with Crippen LogP contribution in [0.2, 0.25) is 0 Å². The molecule has 0 aliphatic carbocycles. The lowest BCUT2D eigenvalue weighted by molar-refractivity contribution is 0.413. The Morgan fingerprint density at radius 2 is 2.31 bits per heavy atom. The van der Waals surface area contributed by atoms with Gasteiger partial charge in [-0.3, -0.25) is 0 Å². The number of ether oxygens (including phenoxy) is 1. The Morgan fingerprint density at radius 3 is 2.94 bits per heavy atom. The van der Waals surface area contributed by atoms with Gasteiger partial charge >= 0.3 is 0 Å². The van der Waals surface area contributed by atoms with Gasteiger partial charge in [0, 0.05) is 4.47 Å². The van der Waals surface area contributed by atoms with Crippen LogP contribution in [0.25, 0.3) is 0 Å². The van der Waals surface area contributed by atoms with Gasteiger partial charge in [0.1, 0.15) is 5.75 Å². The van der Waals surface area contributed by atoms with Crippen molar-refractivity contribution >= 4 is 15.9 Å². The van der Waals surface area contributed by atoms with Gasteiger partial charge in [-0.1, -0.05) is 15.9 Å².